The highest BCUT2D eigenvalue weighted by Gasteiger charge is 2.21. The summed E-state index contributed by atoms with van der Waals surface area (Å²) < 4.78 is 11.3. The van der Waals surface area contributed by atoms with Gasteiger partial charge < -0.3 is 9.47 Å². The van der Waals surface area contributed by atoms with Crippen LogP contribution in [0.5, 0.6) is 0 Å². The molecule has 16 heavy (non-hydrogen) atoms. The lowest BCUT2D eigenvalue weighted by Gasteiger charge is -2.29. The number of hydrogen-bond donors (Lipinski definition) is 1. The molecule has 0 saturated heterocycles. The summed E-state index contributed by atoms with van der Waals surface area (Å²) in [6, 6.07) is 0. The van der Waals surface area contributed by atoms with Crippen LogP contribution in [0.3, 0.4) is 0 Å². The summed E-state index contributed by atoms with van der Waals surface area (Å²) in [6.07, 6.45) is 3.05. The molecule has 0 spiro atoms. The van der Waals surface area contributed by atoms with Crippen molar-refractivity contribution >= 4 is 12.6 Å². The zero-order chi connectivity index (χ0) is 12.8. The molecule has 0 aromatic carbocycles. The highest BCUT2D eigenvalue weighted by Crippen LogP contribution is 2.21. The Hall–Kier alpha value is 0.270. The molecule has 0 aliphatic carbocycles. The summed E-state index contributed by atoms with van der Waals surface area (Å²) in [5.74, 6) is 0. The van der Waals surface area contributed by atoms with Crippen LogP contribution in [0.15, 0.2) is 0 Å². The van der Waals surface area contributed by atoms with E-state index >= 15 is 0 Å². The Morgan fingerprint density at radius 3 is 2.06 bits per heavy atom. The van der Waals surface area contributed by atoms with Gasteiger partial charge in [0, 0.05) is 7.11 Å². The summed E-state index contributed by atoms with van der Waals surface area (Å²) >= 11 is 4.39. The quantitative estimate of drug-likeness (QED) is 0.660. The highest BCUT2D eigenvalue weighted by molar-refractivity contribution is 7.80. The van der Waals surface area contributed by atoms with Crippen molar-refractivity contribution in [3.05, 3.63) is 0 Å². The first-order chi connectivity index (χ1) is 7.18. The Kier molecular flexibility index (Phi) is 6.99. The molecular weight excluding hydrogens is 220 g/mol. The van der Waals surface area contributed by atoms with Crippen molar-refractivity contribution in [2.24, 2.45) is 0 Å². The number of hydrogen-bond acceptors (Lipinski definition) is 3. The van der Waals surface area contributed by atoms with Gasteiger partial charge in [0.05, 0.1) is 17.8 Å². The van der Waals surface area contributed by atoms with Gasteiger partial charge in [-0.05, 0) is 52.2 Å². The molecule has 0 aliphatic heterocycles. The minimum atomic E-state index is -0.0904. The molecule has 0 amide bonds. The van der Waals surface area contributed by atoms with Gasteiger partial charge in [0.15, 0.2) is 0 Å². The lowest BCUT2D eigenvalue weighted by Crippen LogP contribution is -2.30. The van der Waals surface area contributed by atoms with Crippen LogP contribution in [0.4, 0.5) is 0 Å². The summed E-state index contributed by atoms with van der Waals surface area (Å²) in [5, 5.41) is 0.443. The van der Waals surface area contributed by atoms with Crippen LogP contribution in [0.1, 0.15) is 53.9 Å². The van der Waals surface area contributed by atoms with E-state index in [4.69, 9.17) is 9.47 Å². The van der Waals surface area contributed by atoms with Crippen LogP contribution >= 0.6 is 12.6 Å². The smallest absolute Gasteiger partial charge is 0.0644 e. The largest absolute Gasteiger partial charge is 0.379 e. The fraction of sp³-hybridized carbons (Fsp3) is 1.00. The molecule has 0 fully saturated rings. The third kappa shape index (κ3) is 8.43. The maximum absolute atomic E-state index is 5.90. The van der Waals surface area contributed by atoms with Crippen molar-refractivity contribution in [2.75, 3.05) is 13.7 Å². The number of methoxy groups -OCH3 is 1. The van der Waals surface area contributed by atoms with Gasteiger partial charge >= 0.3 is 0 Å². The molecule has 0 rings (SSSR count). The first kappa shape index (κ1) is 16.3. The fourth-order valence-electron chi connectivity index (χ4n) is 1.30. The van der Waals surface area contributed by atoms with Crippen LogP contribution in [0.2, 0.25) is 0 Å². The molecule has 0 aromatic rings. The van der Waals surface area contributed by atoms with E-state index in [1.165, 1.54) is 0 Å². The molecule has 3 heteroatoms. The van der Waals surface area contributed by atoms with Gasteiger partial charge in [-0.2, -0.15) is 12.6 Å². The van der Waals surface area contributed by atoms with E-state index < -0.39 is 0 Å². The van der Waals surface area contributed by atoms with E-state index in [0.717, 1.165) is 25.9 Å². The van der Waals surface area contributed by atoms with E-state index in [-0.39, 0.29) is 11.2 Å². The average molecular weight is 248 g/mol. The minimum absolute atomic E-state index is 0.0548. The number of thiol groups is 1. The molecule has 0 heterocycles. The van der Waals surface area contributed by atoms with E-state index in [0.29, 0.717) is 5.25 Å². The number of rotatable bonds is 8. The first-order valence-electron chi connectivity index (χ1n) is 6.06. The van der Waals surface area contributed by atoms with Crippen molar-refractivity contribution in [2.45, 2.75) is 70.3 Å². The summed E-state index contributed by atoms with van der Waals surface area (Å²) in [6.45, 7) is 11.3. The van der Waals surface area contributed by atoms with E-state index in [2.05, 4.69) is 47.2 Å². The monoisotopic (exact) mass is 248 g/mol. The van der Waals surface area contributed by atoms with Gasteiger partial charge in [-0.25, -0.2) is 0 Å². The van der Waals surface area contributed by atoms with E-state index in [9.17, 15) is 0 Å². The molecule has 1 unspecified atom stereocenters. The first-order valence-corrected chi connectivity index (χ1v) is 6.57. The maximum atomic E-state index is 5.90. The zero-order valence-corrected chi connectivity index (χ0v) is 12.6. The van der Waals surface area contributed by atoms with E-state index in [1.54, 1.807) is 7.11 Å². The lowest BCUT2D eigenvalue weighted by atomic mass is 10.0. The minimum Gasteiger partial charge on any atom is -0.379 e. The molecule has 0 saturated carbocycles. The molecule has 0 radical (unpaired) electrons. The van der Waals surface area contributed by atoms with Gasteiger partial charge in [0.25, 0.3) is 0 Å². The molecule has 98 valence electrons. The van der Waals surface area contributed by atoms with Crippen molar-refractivity contribution in [3.8, 4) is 0 Å². The van der Waals surface area contributed by atoms with Gasteiger partial charge in [-0.3, -0.25) is 0 Å². The highest BCUT2D eigenvalue weighted by atomic mass is 32.1. The Balaban J connectivity index is 3.82. The summed E-state index contributed by atoms with van der Waals surface area (Å²) in [5.41, 5.74) is -0.145. The summed E-state index contributed by atoms with van der Waals surface area (Å²) in [4.78, 5) is 0. The van der Waals surface area contributed by atoms with Crippen LogP contribution in [0.25, 0.3) is 0 Å². The zero-order valence-electron chi connectivity index (χ0n) is 11.7. The maximum Gasteiger partial charge on any atom is 0.0644 e. The third-order valence-electron chi connectivity index (χ3n) is 2.91. The normalized spacial score (nSPS) is 15.2. The standard InChI is InChI=1S/C13H28O2S/c1-11(16)7-8-13(4,5)15-10-9-12(2,3)14-6/h11,16H,7-10H2,1-6H3. The van der Waals surface area contributed by atoms with Crippen LogP contribution in [0, 0.1) is 0 Å². The molecule has 0 N–H and O–H groups in total. The number of ether oxygens (including phenoxy) is 2. The predicted octanol–water partition coefficient (Wildman–Crippen LogP) is 3.70. The lowest BCUT2D eigenvalue weighted by molar-refractivity contribution is -0.0616. The van der Waals surface area contributed by atoms with Crippen molar-refractivity contribution in [1.29, 1.82) is 0 Å². The van der Waals surface area contributed by atoms with Gasteiger partial charge in [-0.15, -0.1) is 0 Å². The SMILES string of the molecule is COC(C)(C)CCOC(C)(C)CCC(C)S. The molecule has 0 bridgehead atoms. The molecule has 1 atom stereocenters. The second kappa shape index (κ2) is 6.87. The van der Waals surface area contributed by atoms with Gasteiger partial charge in [-0.1, -0.05) is 6.92 Å². The van der Waals surface area contributed by atoms with Crippen LogP contribution in [-0.2, 0) is 9.47 Å². The fourth-order valence-corrected chi connectivity index (χ4v) is 1.43. The van der Waals surface area contributed by atoms with Crippen LogP contribution < -0.4 is 0 Å². The summed E-state index contributed by atoms with van der Waals surface area (Å²) in [7, 11) is 1.74. The van der Waals surface area contributed by atoms with Crippen molar-refractivity contribution < 1.29 is 9.47 Å². The Morgan fingerprint density at radius 2 is 1.62 bits per heavy atom. The topological polar surface area (TPSA) is 18.5 Å². The van der Waals surface area contributed by atoms with E-state index in [1.807, 2.05) is 0 Å². The Morgan fingerprint density at radius 1 is 1.06 bits per heavy atom. The van der Waals surface area contributed by atoms with Crippen molar-refractivity contribution in [3.63, 3.8) is 0 Å². The predicted molar refractivity (Wildman–Crippen MR) is 73.4 cm³/mol. The Bertz CT molecular complexity index is 188. The molecule has 2 nitrogen and oxygen atoms in total. The Labute approximate surface area is 107 Å². The van der Waals surface area contributed by atoms with Gasteiger partial charge in [0.1, 0.15) is 0 Å². The second-order valence-corrected chi connectivity index (χ2v) is 6.59. The van der Waals surface area contributed by atoms with Crippen LogP contribution in [-0.4, -0.2) is 30.2 Å². The van der Waals surface area contributed by atoms with Crippen molar-refractivity contribution in [1.82, 2.24) is 0 Å². The molecular formula is C13H28O2S. The third-order valence-corrected chi connectivity index (χ3v) is 3.17. The average Bonchev–Trinajstić information content (AvgIpc) is 2.14. The van der Waals surface area contributed by atoms with Gasteiger partial charge in [0.2, 0.25) is 0 Å². The molecule has 0 aliphatic rings. The second-order valence-electron chi connectivity index (χ2n) is 5.71. The molecule has 0 aromatic heterocycles.